The highest BCUT2D eigenvalue weighted by Gasteiger charge is 1.79. The quantitative estimate of drug-likeness (QED) is 0.272. The molecule has 0 aliphatic heterocycles. The first kappa shape index (κ1) is 6.32. The van der Waals surface area contributed by atoms with Crippen molar-refractivity contribution in [3.8, 4) is 12.0 Å². The van der Waals surface area contributed by atoms with E-state index in [0.717, 1.165) is 0 Å². The van der Waals surface area contributed by atoms with Crippen molar-refractivity contribution in [3.05, 3.63) is 0 Å². The minimum atomic E-state index is -0.0209. The fourth-order valence-electron chi connectivity index (χ4n) is 0.186. The molecule has 0 rings (SSSR count). The monoisotopic (exact) mass is 98.1 g/mol. The first-order valence-corrected chi connectivity index (χ1v) is 2.20. The van der Waals surface area contributed by atoms with E-state index in [1.165, 1.54) is 0 Å². The van der Waals surface area contributed by atoms with Crippen LogP contribution in [-0.4, -0.2) is 6.17 Å². The summed E-state index contributed by atoms with van der Waals surface area (Å²) in [4.78, 5) is 0. The van der Waals surface area contributed by atoms with Crippen molar-refractivity contribution in [3.63, 3.8) is 0 Å². The summed E-state index contributed by atoms with van der Waals surface area (Å²) in [6.45, 7) is 3.60. The second-order valence-corrected chi connectivity index (χ2v) is 1.31. The van der Waals surface area contributed by atoms with E-state index in [1.54, 1.807) is 6.92 Å². The van der Waals surface area contributed by atoms with E-state index >= 15 is 0 Å². The molecule has 0 fully saturated rings. The average molecular weight is 98.1 g/mol. The number of rotatable bonds is 1. The van der Waals surface area contributed by atoms with Crippen LogP contribution in [0.2, 0.25) is 0 Å². The van der Waals surface area contributed by atoms with Gasteiger partial charge in [-0.15, -0.1) is 0 Å². The van der Waals surface area contributed by atoms with Gasteiger partial charge in [0.15, 0.2) is 0 Å². The Morgan fingerprint density at radius 2 is 2.29 bits per heavy atom. The van der Waals surface area contributed by atoms with Gasteiger partial charge in [0.05, 0.1) is 6.17 Å². The van der Waals surface area contributed by atoms with Crippen molar-refractivity contribution in [2.75, 3.05) is 0 Å². The minimum absolute atomic E-state index is 0.0209. The van der Waals surface area contributed by atoms with Crippen LogP contribution in [0.3, 0.4) is 0 Å². The predicted molar refractivity (Wildman–Crippen MR) is 30.2 cm³/mol. The van der Waals surface area contributed by atoms with E-state index in [-0.39, 0.29) is 6.17 Å². The zero-order chi connectivity index (χ0) is 5.70. The third-order valence-electron chi connectivity index (χ3n) is 0.425. The maximum atomic E-state index is 5.26. The van der Waals surface area contributed by atoms with E-state index in [2.05, 4.69) is 17.3 Å². The van der Waals surface area contributed by atoms with Crippen molar-refractivity contribution >= 4 is 0 Å². The lowest BCUT2D eigenvalue weighted by atomic mass is 10.6. The summed E-state index contributed by atoms with van der Waals surface area (Å²) in [7, 11) is 0. The molecule has 0 saturated carbocycles. The molecule has 0 aromatic carbocycles. The molecule has 0 saturated heterocycles. The molecule has 2 heteroatoms. The maximum Gasteiger partial charge on any atom is 0.0789 e. The largest absolute Gasteiger partial charge is 0.330 e. The van der Waals surface area contributed by atoms with Gasteiger partial charge in [-0.3, -0.25) is 0 Å². The van der Waals surface area contributed by atoms with Crippen LogP contribution in [0.4, 0.5) is 0 Å². The van der Waals surface area contributed by atoms with Crippen LogP contribution >= 0.6 is 0 Å². The fourth-order valence-corrected chi connectivity index (χ4v) is 0.186. The normalized spacial score (nSPS) is 11.3. The van der Waals surface area contributed by atoms with Crippen LogP contribution in [0.5, 0.6) is 0 Å². The van der Waals surface area contributed by atoms with Crippen LogP contribution < -0.4 is 11.1 Å². The van der Waals surface area contributed by atoms with Gasteiger partial charge in [0.25, 0.3) is 0 Å². The van der Waals surface area contributed by atoms with Gasteiger partial charge in [-0.2, -0.15) is 0 Å². The Labute approximate surface area is 44.1 Å². The highest BCUT2D eigenvalue weighted by Crippen LogP contribution is 1.58. The molecule has 0 bridgehead atoms. The molecule has 0 aliphatic carbocycles. The van der Waals surface area contributed by atoms with Gasteiger partial charge in [0.1, 0.15) is 0 Å². The number of nitrogens with two attached hydrogens (primary N) is 1. The molecule has 40 valence electrons. The van der Waals surface area contributed by atoms with E-state index in [1.807, 2.05) is 6.92 Å². The Hall–Kier alpha value is -0.680. The molecule has 1 atom stereocenters. The average Bonchev–Trinajstić information content (AvgIpc) is 1.61. The first-order valence-electron chi connectivity index (χ1n) is 2.20. The van der Waals surface area contributed by atoms with Gasteiger partial charge in [0.2, 0.25) is 0 Å². The third-order valence-corrected chi connectivity index (χ3v) is 0.425. The van der Waals surface area contributed by atoms with E-state index < -0.39 is 0 Å². The molecule has 0 aromatic rings. The SMILES string of the molecule is CC#CNC(C)N. The van der Waals surface area contributed by atoms with Crippen molar-refractivity contribution in [1.29, 1.82) is 0 Å². The summed E-state index contributed by atoms with van der Waals surface area (Å²) in [6.07, 6.45) is -0.0209. The van der Waals surface area contributed by atoms with Crippen LogP contribution in [-0.2, 0) is 0 Å². The van der Waals surface area contributed by atoms with Crippen LogP contribution in [0.15, 0.2) is 0 Å². The Kier molecular flexibility index (Phi) is 3.17. The van der Waals surface area contributed by atoms with Gasteiger partial charge in [0, 0.05) is 6.04 Å². The molecule has 0 spiro atoms. The first-order chi connectivity index (χ1) is 3.27. The highest BCUT2D eigenvalue weighted by atomic mass is 15.0. The van der Waals surface area contributed by atoms with Gasteiger partial charge in [-0.05, 0) is 13.8 Å². The number of hydrogen-bond donors (Lipinski definition) is 2. The smallest absolute Gasteiger partial charge is 0.0789 e. The molecule has 0 radical (unpaired) electrons. The minimum Gasteiger partial charge on any atom is -0.330 e. The van der Waals surface area contributed by atoms with Crippen LogP contribution in [0, 0.1) is 12.0 Å². The summed E-state index contributed by atoms with van der Waals surface area (Å²) < 4.78 is 0. The lowest BCUT2D eigenvalue weighted by Gasteiger charge is -1.97. The van der Waals surface area contributed by atoms with E-state index in [9.17, 15) is 0 Å². The second kappa shape index (κ2) is 3.51. The van der Waals surface area contributed by atoms with Crippen LogP contribution in [0.25, 0.3) is 0 Å². The van der Waals surface area contributed by atoms with E-state index in [4.69, 9.17) is 5.73 Å². The Morgan fingerprint density at radius 3 is 2.43 bits per heavy atom. The molecule has 0 amide bonds. The van der Waals surface area contributed by atoms with Crippen molar-refractivity contribution in [1.82, 2.24) is 5.32 Å². The zero-order valence-electron chi connectivity index (χ0n) is 4.65. The summed E-state index contributed by atoms with van der Waals surface area (Å²) in [5, 5.41) is 2.71. The van der Waals surface area contributed by atoms with Gasteiger partial charge >= 0.3 is 0 Å². The standard InChI is InChI=1S/C5H10N2/c1-3-4-7-5(2)6/h5,7H,6H2,1-2H3. The number of nitrogens with one attached hydrogen (secondary N) is 1. The second-order valence-electron chi connectivity index (χ2n) is 1.31. The Morgan fingerprint density at radius 1 is 1.71 bits per heavy atom. The fraction of sp³-hybridized carbons (Fsp3) is 0.600. The molecule has 1 unspecified atom stereocenters. The highest BCUT2D eigenvalue weighted by molar-refractivity contribution is 4.92. The molecule has 7 heavy (non-hydrogen) atoms. The molecule has 3 N–H and O–H groups in total. The third kappa shape index (κ3) is 5.32. The van der Waals surface area contributed by atoms with Gasteiger partial charge in [-0.1, -0.05) is 5.92 Å². The molecular weight excluding hydrogens is 88.1 g/mol. The summed E-state index contributed by atoms with van der Waals surface area (Å²) in [6, 6.07) is 2.62. The van der Waals surface area contributed by atoms with Crippen LogP contribution in [0.1, 0.15) is 13.8 Å². The topological polar surface area (TPSA) is 38.0 Å². The van der Waals surface area contributed by atoms with E-state index in [0.29, 0.717) is 0 Å². The van der Waals surface area contributed by atoms with Crippen molar-refractivity contribution < 1.29 is 0 Å². The Bertz CT molecular complexity index is 86.0. The summed E-state index contributed by atoms with van der Waals surface area (Å²) in [5.74, 6) is 2.66. The van der Waals surface area contributed by atoms with Crippen molar-refractivity contribution in [2.45, 2.75) is 20.0 Å². The van der Waals surface area contributed by atoms with Gasteiger partial charge in [-0.25, -0.2) is 0 Å². The van der Waals surface area contributed by atoms with Gasteiger partial charge < -0.3 is 11.1 Å². The summed E-state index contributed by atoms with van der Waals surface area (Å²) >= 11 is 0. The molecular formula is C5H10N2. The molecule has 0 heterocycles. The maximum absolute atomic E-state index is 5.26. The Balaban J connectivity index is 3.08. The lowest BCUT2D eigenvalue weighted by Crippen LogP contribution is -2.29. The number of hydrogen-bond acceptors (Lipinski definition) is 2. The lowest BCUT2D eigenvalue weighted by molar-refractivity contribution is 0.687. The molecule has 0 aromatic heterocycles. The zero-order valence-corrected chi connectivity index (χ0v) is 4.65. The van der Waals surface area contributed by atoms with Crippen molar-refractivity contribution in [2.24, 2.45) is 5.73 Å². The summed E-state index contributed by atoms with van der Waals surface area (Å²) in [5.41, 5.74) is 5.26. The predicted octanol–water partition coefficient (Wildman–Crippen LogP) is -0.139. The molecule has 0 aliphatic rings. The molecule has 2 nitrogen and oxygen atoms in total.